The topological polar surface area (TPSA) is 18.5 Å². The van der Waals surface area contributed by atoms with Crippen molar-refractivity contribution >= 4 is 31.6 Å². The molecule has 0 bridgehead atoms. The van der Waals surface area contributed by atoms with Gasteiger partial charge in [-0.15, -0.1) is 0 Å². The second kappa shape index (κ2) is 11.3. The molecule has 0 atom stereocenters. The third-order valence-electron chi connectivity index (χ3n) is 2.00. The van der Waals surface area contributed by atoms with Crippen LogP contribution in [0.25, 0.3) is 0 Å². The Morgan fingerprint density at radius 2 is 1.44 bits per heavy atom. The molecule has 0 heterocycles. The van der Waals surface area contributed by atoms with Crippen LogP contribution in [-0.2, 0) is 8.85 Å². The molecule has 0 unspecified atom stereocenters. The molecule has 0 rings (SSSR count). The summed E-state index contributed by atoms with van der Waals surface area (Å²) in [4.78, 5) is 0. The average molecular weight is 277 g/mol. The van der Waals surface area contributed by atoms with Crippen LogP contribution in [0.4, 0.5) is 0 Å². The molecule has 0 aromatic carbocycles. The normalized spacial score (nSPS) is 11.2. The van der Waals surface area contributed by atoms with Crippen LogP contribution in [0.5, 0.6) is 0 Å². The van der Waals surface area contributed by atoms with E-state index in [1.807, 2.05) is 0 Å². The van der Waals surface area contributed by atoms with Crippen molar-refractivity contribution in [3.8, 4) is 0 Å². The molecule has 0 saturated carbocycles. The summed E-state index contributed by atoms with van der Waals surface area (Å²) in [7, 11) is -1.96. The number of hydrogen-bond donors (Lipinski definition) is 0. The van der Waals surface area contributed by atoms with Gasteiger partial charge in [0.05, 0.1) is 0 Å². The summed E-state index contributed by atoms with van der Waals surface area (Å²) in [6.07, 6.45) is 1.42. The summed E-state index contributed by atoms with van der Waals surface area (Å²) in [5.41, 5.74) is 0. The maximum atomic E-state index is 6.02. The van der Waals surface area contributed by atoms with Gasteiger partial charge in [-0.05, 0) is 39.8 Å². The summed E-state index contributed by atoms with van der Waals surface area (Å²) in [6.45, 7) is 14.4. The molecule has 0 fully saturated rings. The van der Waals surface area contributed by atoms with Gasteiger partial charge in [0.2, 0.25) is 0 Å². The molecule has 0 radical (unpaired) electrons. The average Bonchev–Trinajstić information content (AvgIpc) is 2.02. The molecule has 5 heteroatoms. The largest absolute Gasteiger partial charge is 2.00 e. The van der Waals surface area contributed by atoms with Crippen LogP contribution in [0, 0.1) is 6.92 Å². The first-order valence-corrected chi connectivity index (χ1v) is 7.83. The van der Waals surface area contributed by atoms with Gasteiger partial charge in [-0.3, -0.25) is 0 Å². The van der Waals surface area contributed by atoms with Gasteiger partial charge in [0.25, 0.3) is 0 Å². The van der Waals surface area contributed by atoms with Crippen molar-refractivity contribution in [2.24, 2.45) is 0 Å². The van der Waals surface area contributed by atoms with Gasteiger partial charge in [-0.25, -0.2) is 0 Å². The van der Waals surface area contributed by atoms with Gasteiger partial charge in [0.15, 0.2) is 0 Å². The fourth-order valence-electron chi connectivity index (χ4n) is 1.62. The molecule has 0 aliphatic carbocycles. The van der Waals surface area contributed by atoms with Crippen LogP contribution in [0.2, 0.25) is 12.1 Å². The van der Waals surface area contributed by atoms with Gasteiger partial charge >= 0.3 is 31.6 Å². The van der Waals surface area contributed by atoms with E-state index in [4.69, 9.17) is 8.85 Å². The SMILES string of the molecule is [CH2-]CC[Si](CC)(OC(C)C)OC(C)C.[Cl-].[Mg+2]. The fourth-order valence-corrected chi connectivity index (χ4v) is 4.85. The number of halogens is 1. The molecule has 0 amide bonds. The quantitative estimate of drug-likeness (QED) is 0.487. The molecule has 0 spiro atoms. The van der Waals surface area contributed by atoms with Gasteiger partial charge in [-0.2, -0.15) is 6.42 Å². The van der Waals surface area contributed by atoms with E-state index in [0.717, 1.165) is 18.5 Å². The van der Waals surface area contributed by atoms with Crippen LogP contribution in [0.15, 0.2) is 0 Å². The van der Waals surface area contributed by atoms with Crippen molar-refractivity contribution in [3.05, 3.63) is 6.92 Å². The Bertz CT molecular complexity index is 147. The van der Waals surface area contributed by atoms with Gasteiger partial charge in [0, 0.05) is 12.2 Å². The predicted octanol–water partition coefficient (Wildman–Crippen LogP) is 0.146. The molecule has 0 aliphatic rings. The third kappa shape index (κ3) is 9.25. The molecular weight excluding hydrogens is 252 g/mol. The third-order valence-corrected chi connectivity index (χ3v) is 5.99. The van der Waals surface area contributed by atoms with E-state index < -0.39 is 8.56 Å². The zero-order chi connectivity index (χ0) is 11.2. The van der Waals surface area contributed by atoms with Crippen molar-refractivity contribution < 1.29 is 21.3 Å². The van der Waals surface area contributed by atoms with Crippen LogP contribution < -0.4 is 12.4 Å². The van der Waals surface area contributed by atoms with Crippen LogP contribution >= 0.6 is 0 Å². The Hall–Kier alpha value is 1.19. The first-order chi connectivity index (χ1) is 6.45. The molecule has 94 valence electrons. The Morgan fingerprint density at radius 1 is 1.06 bits per heavy atom. The Labute approximate surface area is 125 Å². The first-order valence-electron chi connectivity index (χ1n) is 5.60. The van der Waals surface area contributed by atoms with E-state index in [0.29, 0.717) is 0 Å². The van der Waals surface area contributed by atoms with Gasteiger partial charge in [0.1, 0.15) is 0 Å². The Balaban J connectivity index is -0.000000845. The minimum atomic E-state index is -1.96. The Kier molecular flexibility index (Phi) is 15.8. The summed E-state index contributed by atoms with van der Waals surface area (Å²) >= 11 is 0. The smallest absolute Gasteiger partial charge is 1.00 e. The summed E-state index contributed by atoms with van der Waals surface area (Å²) < 4.78 is 12.0. The first kappa shape index (κ1) is 22.4. The van der Waals surface area contributed by atoms with Gasteiger partial charge < -0.3 is 28.2 Å². The van der Waals surface area contributed by atoms with Gasteiger partial charge in [-0.1, -0.05) is 6.92 Å². The fraction of sp³-hybridized carbons (Fsp3) is 0.909. The minimum Gasteiger partial charge on any atom is -1.00 e. The summed E-state index contributed by atoms with van der Waals surface area (Å²) in [5, 5.41) is 0. The van der Waals surface area contributed by atoms with Crippen LogP contribution in [0.1, 0.15) is 41.0 Å². The van der Waals surface area contributed by atoms with Crippen LogP contribution in [-0.4, -0.2) is 43.8 Å². The van der Waals surface area contributed by atoms with E-state index in [2.05, 4.69) is 41.5 Å². The predicted molar refractivity (Wildman–Crippen MR) is 69.2 cm³/mol. The molecule has 2 nitrogen and oxygen atoms in total. The maximum absolute atomic E-state index is 6.02. The molecule has 0 aliphatic heterocycles. The van der Waals surface area contributed by atoms with E-state index in [-0.39, 0.29) is 47.7 Å². The van der Waals surface area contributed by atoms with Crippen molar-refractivity contribution in [2.75, 3.05) is 0 Å². The van der Waals surface area contributed by atoms with Crippen molar-refractivity contribution in [3.63, 3.8) is 0 Å². The van der Waals surface area contributed by atoms with Crippen molar-refractivity contribution in [2.45, 2.75) is 65.3 Å². The maximum Gasteiger partial charge on any atom is 2.00 e. The second-order valence-corrected chi connectivity index (χ2v) is 7.70. The number of rotatable bonds is 7. The summed E-state index contributed by atoms with van der Waals surface area (Å²) in [5.74, 6) is 0. The van der Waals surface area contributed by atoms with E-state index in [1.54, 1.807) is 0 Å². The molecular formula is C11H25ClMgO2Si. The number of hydrogen-bond acceptors (Lipinski definition) is 2. The monoisotopic (exact) mass is 276 g/mol. The van der Waals surface area contributed by atoms with Crippen LogP contribution in [0.3, 0.4) is 0 Å². The molecule has 0 aromatic heterocycles. The zero-order valence-electron chi connectivity index (χ0n) is 11.4. The van der Waals surface area contributed by atoms with E-state index in [9.17, 15) is 0 Å². The standard InChI is InChI=1S/C11H25O2Si.ClH.Mg/c1-7-9-14(8-2,12-10(3)4)13-11(5)6;;/h10-11H,1,7-9H2,2-6H3;1H;/q-1;;+2/p-1. The molecule has 16 heavy (non-hydrogen) atoms. The molecule has 0 aromatic rings. The van der Waals surface area contributed by atoms with Crippen molar-refractivity contribution in [1.82, 2.24) is 0 Å². The zero-order valence-corrected chi connectivity index (χ0v) is 14.6. The van der Waals surface area contributed by atoms with E-state index >= 15 is 0 Å². The second-order valence-electron chi connectivity index (χ2n) is 4.20. The minimum absolute atomic E-state index is 0. The van der Waals surface area contributed by atoms with E-state index in [1.165, 1.54) is 0 Å². The molecule has 0 N–H and O–H groups in total. The van der Waals surface area contributed by atoms with Crippen molar-refractivity contribution in [1.29, 1.82) is 0 Å². The molecule has 0 saturated heterocycles. The Morgan fingerprint density at radius 3 is 1.62 bits per heavy atom. The summed E-state index contributed by atoms with van der Waals surface area (Å²) in [6, 6.07) is 2.01.